The first kappa shape index (κ1) is 5.76. The Morgan fingerprint density at radius 3 is 1.78 bits per heavy atom. The zero-order chi connectivity index (χ0) is 6.48. The van der Waals surface area contributed by atoms with E-state index in [1.54, 1.807) is 12.8 Å². The quantitative estimate of drug-likeness (QED) is 0.531. The van der Waals surface area contributed by atoms with Crippen LogP contribution in [0.4, 0.5) is 0 Å². The molecular weight excluding hydrogens is 108 g/mol. The van der Waals surface area contributed by atoms with Gasteiger partial charge in [0.05, 0.1) is 0 Å². The van der Waals surface area contributed by atoms with Crippen LogP contribution in [0.25, 0.3) is 0 Å². The largest absolute Gasteiger partial charge is 0.0651 e. The average molecular weight is 124 g/mol. The van der Waals surface area contributed by atoms with Crippen LogP contribution in [0, 0.1) is 17.3 Å². The SMILES string of the molecule is CCC1CC12CC2CC. The van der Waals surface area contributed by atoms with Gasteiger partial charge in [0.25, 0.3) is 0 Å². The second-order valence-electron chi connectivity index (χ2n) is 3.85. The van der Waals surface area contributed by atoms with Gasteiger partial charge in [-0.25, -0.2) is 0 Å². The second kappa shape index (κ2) is 1.53. The van der Waals surface area contributed by atoms with Gasteiger partial charge in [0, 0.05) is 0 Å². The van der Waals surface area contributed by atoms with Crippen LogP contribution in [0.5, 0.6) is 0 Å². The van der Waals surface area contributed by atoms with Crippen LogP contribution in [0.1, 0.15) is 39.5 Å². The summed E-state index contributed by atoms with van der Waals surface area (Å²) in [4.78, 5) is 0. The van der Waals surface area contributed by atoms with Crippen molar-refractivity contribution in [3.05, 3.63) is 0 Å². The van der Waals surface area contributed by atoms with E-state index >= 15 is 0 Å². The highest BCUT2D eigenvalue weighted by molar-refractivity contribution is 5.17. The van der Waals surface area contributed by atoms with E-state index in [9.17, 15) is 0 Å². The summed E-state index contributed by atoms with van der Waals surface area (Å²) in [6.45, 7) is 4.68. The lowest BCUT2D eigenvalue weighted by Gasteiger charge is -1.89. The summed E-state index contributed by atoms with van der Waals surface area (Å²) in [5.74, 6) is 2.28. The lowest BCUT2D eigenvalue weighted by Crippen LogP contribution is -1.81. The minimum Gasteiger partial charge on any atom is -0.0651 e. The van der Waals surface area contributed by atoms with Gasteiger partial charge in [-0.3, -0.25) is 0 Å². The lowest BCUT2D eigenvalue weighted by molar-refractivity contribution is 0.603. The molecule has 0 amide bonds. The van der Waals surface area contributed by atoms with Crippen LogP contribution in [-0.4, -0.2) is 0 Å². The van der Waals surface area contributed by atoms with Crippen molar-refractivity contribution in [1.29, 1.82) is 0 Å². The molecule has 0 aromatic heterocycles. The van der Waals surface area contributed by atoms with Gasteiger partial charge >= 0.3 is 0 Å². The van der Waals surface area contributed by atoms with Crippen LogP contribution in [0.15, 0.2) is 0 Å². The first-order valence-electron chi connectivity index (χ1n) is 4.33. The molecule has 0 bridgehead atoms. The molecule has 2 saturated carbocycles. The third-order valence-corrected chi connectivity index (χ3v) is 3.54. The van der Waals surface area contributed by atoms with Crippen LogP contribution in [0.3, 0.4) is 0 Å². The van der Waals surface area contributed by atoms with Crippen LogP contribution < -0.4 is 0 Å². The molecule has 2 rings (SSSR count). The van der Waals surface area contributed by atoms with Gasteiger partial charge in [-0.1, -0.05) is 26.7 Å². The molecule has 0 nitrogen and oxygen atoms in total. The smallest absolute Gasteiger partial charge is 0.0235 e. The molecule has 0 saturated heterocycles. The van der Waals surface area contributed by atoms with Crippen molar-refractivity contribution in [2.45, 2.75) is 39.5 Å². The summed E-state index contributed by atoms with van der Waals surface area (Å²) < 4.78 is 0. The standard InChI is InChI=1S/C9H16/c1-3-7-5-9(7)6-8(9)4-2/h7-8H,3-6H2,1-2H3. The van der Waals surface area contributed by atoms with E-state index in [-0.39, 0.29) is 0 Å². The zero-order valence-electron chi connectivity index (χ0n) is 6.48. The molecule has 0 aromatic carbocycles. The van der Waals surface area contributed by atoms with E-state index in [1.165, 1.54) is 12.8 Å². The Labute approximate surface area is 57.6 Å². The van der Waals surface area contributed by atoms with E-state index in [1.807, 2.05) is 0 Å². The number of hydrogen-bond acceptors (Lipinski definition) is 0. The molecule has 2 fully saturated rings. The fourth-order valence-corrected chi connectivity index (χ4v) is 2.65. The number of rotatable bonds is 2. The minimum atomic E-state index is 0.934. The van der Waals surface area contributed by atoms with Gasteiger partial charge in [0.1, 0.15) is 0 Å². The predicted octanol–water partition coefficient (Wildman–Crippen LogP) is 2.83. The fourth-order valence-electron chi connectivity index (χ4n) is 2.65. The van der Waals surface area contributed by atoms with E-state index in [0.717, 1.165) is 17.3 Å². The fraction of sp³-hybridized carbons (Fsp3) is 1.00. The average Bonchev–Trinajstić information content (AvgIpc) is 2.74. The molecule has 52 valence electrons. The Morgan fingerprint density at radius 1 is 1.11 bits per heavy atom. The van der Waals surface area contributed by atoms with E-state index in [4.69, 9.17) is 0 Å². The molecule has 0 aliphatic heterocycles. The molecule has 2 aliphatic rings. The van der Waals surface area contributed by atoms with Crippen LogP contribution in [-0.2, 0) is 0 Å². The molecule has 1 spiro atoms. The van der Waals surface area contributed by atoms with Crippen molar-refractivity contribution in [2.24, 2.45) is 17.3 Å². The maximum absolute atomic E-state index is 2.34. The van der Waals surface area contributed by atoms with Crippen molar-refractivity contribution in [1.82, 2.24) is 0 Å². The predicted molar refractivity (Wildman–Crippen MR) is 39.2 cm³/mol. The molecule has 0 heteroatoms. The summed E-state index contributed by atoms with van der Waals surface area (Å²) in [6, 6.07) is 0. The third kappa shape index (κ3) is 0.595. The molecule has 0 radical (unpaired) electrons. The normalized spacial score (nSPS) is 54.0. The minimum absolute atomic E-state index is 0.934. The van der Waals surface area contributed by atoms with E-state index < -0.39 is 0 Å². The third-order valence-electron chi connectivity index (χ3n) is 3.54. The van der Waals surface area contributed by atoms with Crippen LogP contribution in [0.2, 0.25) is 0 Å². The highest BCUT2D eigenvalue weighted by Gasteiger charge is 2.67. The first-order valence-corrected chi connectivity index (χ1v) is 4.33. The van der Waals surface area contributed by atoms with Gasteiger partial charge in [-0.05, 0) is 30.1 Å². The lowest BCUT2D eigenvalue weighted by atomic mass is 10.2. The number of hydrogen-bond donors (Lipinski definition) is 0. The summed E-state index contributed by atoms with van der Waals surface area (Å²) in [5.41, 5.74) is 0.934. The summed E-state index contributed by atoms with van der Waals surface area (Å²) in [5, 5.41) is 0. The first-order chi connectivity index (χ1) is 4.33. The van der Waals surface area contributed by atoms with Crippen molar-refractivity contribution in [3.63, 3.8) is 0 Å². The van der Waals surface area contributed by atoms with Gasteiger partial charge < -0.3 is 0 Å². The molecule has 9 heavy (non-hydrogen) atoms. The summed E-state index contributed by atoms with van der Waals surface area (Å²) in [6.07, 6.45) is 6.02. The Balaban J connectivity index is 1.90. The highest BCUT2D eigenvalue weighted by Crippen LogP contribution is 2.76. The van der Waals surface area contributed by atoms with E-state index in [0.29, 0.717) is 0 Å². The molecule has 2 aliphatic carbocycles. The van der Waals surface area contributed by atoms with Crippen molar-refractivity contribution in [2.75, 3.05) is 0 Å². The van der Waals surface area contributed by atoms with Crippen molar-refractivity contribution >= 4 is 0 Å². The van der Waals surface area contributed by atoms with Gasteiger partial charge in [-0.2, -0.15) is 0 Å². The molecule has 0 N–H and O–H groups in total. The maximum Gasteiger partial charge on any atom is -0.0235 e. The second-order valence-corrected chi connectivity index (χ2v) is 3.85. The Kier molecular flexibility index (Phi) is 0.980. The molecule has 0 aromatic rings. The summed E-state index contributed by atoms with van der Waals surface area (Å²) in [7, 11) is 0. The Hall–Kier alpha value is 0. The topological polar surface area (TPSA) is 0 Å². The Morgan fingerprint density at radius 2 is 1.56 bits per heavy atom. The Bertz CT molecular complexity index is 110. The van der Waals surface area contributed by atoms with Crippen molar-refractivity contribution in [3.8, 4) is 0 Å². The van der Waals surface area contributed by atoms with Gasteiger partial charge in [0.15, 0.2) is 0 Å². The zero-order valence-corrected chi connectivity index (χ0v) is 6.48. The van der Waals surface area contributed by atoms with Gasteiger partial charge in [-0.15, -0.1) is 0 Å². The highest BCUT2D eigenvalue weighted by atomic mass is 14.7. The monoisotopic (exact) mass is 124 g/mol. The molecular formula is C9H16. The van der Waals surface area contributed by atoms with Crippen LogP contribution >= 0.6 is 0 Å². The summed E-state index contributed by atoms with van der Waals surface area (Å²) >= 11 is 0. The van der Waals surface area contributed by atoms with E-state index in [2.05, 4.69) is 13.8 Å². The van der Waals surface area contributed by atoms with Gasteiger partial charge in [0.2, 0.25) is 0 Å². The molecule has 2 unspecified atom stereocenters. The van der Waals surface area contributed by atoms with Crippen molar-refractivity contribution < 1.29 is 0 Å². The molecule has 2 atom stereocenters. The maximum atomic E-state index is 2.34. The molecule has 0 heterocycles.